The van der Waals surface area contributed by atoms with Crippen molar-refractivity contribution in [1.29, 1.82) is 0 Å². The highest BCUT2D eigenvalue weighted by atomic mass is 32.2. The van der Waals surface area contributed by atoms with Crippen LogP contribution in [-0.4, -0.2) is 50.3 Å². The number of nitrogens with zero attached hydrogens (tertiary/aromatic N) is 1. The summed E-state index contributed by atoms with van der Waals surface area (Å²) in [5, 5.41) is 6.89. The third-order valence-electron chi connectivity index (χ3n) is 6.32. The summed E-state index contributed by atoms with van der Waals surface area (Å²) in [6, 6.07) is 5.92. The molecule has 0 saturated heterocycles. The highest BCUT2D eigenvalue weighted by molar-refractivity contribution is 7.89. The van der Waals surface area contributed by atoms with Crippen LogP contribution in [0.25, 0.3) is 0 Å². The Hall–Kier alpha value is -2.27. The summed E-state index contributed by atoms with van der Waals surface area (Å²) in [6.45, 7) is 8.25. The smallest absolute Gasteiger partial charge is 0.341 e. The van der Waals surface area contributed by atoms with Crippen molar-refractivity contribution in [3.8, 4) is 0 Å². The van der Waals surface area contributed by atoms with Crippen molar-refractivity contribution in [1.82, 2.24) is 9.62 Å². The highest BCUT2D eigenvalue weighted by Crippen LogP contribution is 2.45. The second kappa shape index (κ2) is 8.44. The molecular formula is C24H31N3O5S2. The number of ether oxygens (including phenoxy) is 1. The van der Waals surface area contributed by atoms with Crippen LogP contribution in [0.2, 0.25) is 0 Å². The van der Waals surface area contributed by atoms with Crippen molar-refractivity contribution >= 4 is 38.2 Å². The van der Waals surface area contributed by atoms with E-state index in [1.54, 1.807) is 7.05 Å². The Bertz CT molecular complexity index is 1240. The molecule has 10 heteroatoms. The fourth-order valence-corrected chi connectivity index (χ4v) is 7.36. The zero-order valence-electron chi connectivity index (χ0n) is 20.3. The van der Waals surface area contributed by atoms with E-state index in [9.17, 15) is 18.0 Å². The third kappa shape index (κ3) is 4.51. The van der Waals surface area contributed by atoms with Gasteiger partial charge in [0.2, 0.25) is 10.0 Å². The number of amides is 1. The second-order valence-corrected chi connectivity index (χ2v) is 13.2. The maximum absolute atomic E-state index is 13.1. The second-order valence-electron chi connectivity index (χ2n) is 10.1. The zero-order chi connectivity index (χ0) is 25.1. The lowest BCUT2D eigenvalue weighted by Gasteiger charge is -2.42. The van der Waals surface area contributed by atoms with E-state index in [0.29, 0.717) is 22.5 Å². The average molecular weight is 506 g/mol. The number of hydrogen-bond donors (Lipinski definition) is 2. The molecule has 0 unspecified atom stereocenters. The van der Waals surface area contributed by atoms with Crippen LogP contribution in [0.5, 0.6) is 0 Å². The number of benzene rings is 1. The zero-order valence-corrected chi connectivity index (χ0v) is 21.9. The Labute approximate surface area is 204 Å². The first-order valence-corrected chi connectivity index (χ1v) is 13.5. The van der Waals surface area contributed by atoms with Crippen molar-refractivity contribution in [2.75, 3.05) is 19.5 Å². The molecule has 1 fully saturated rings. The standard InChI is InChI=1S/C24H31N3O5S2/c1-23(2)13-17-18(22(29)32-6)21(33-19(17)24(3,4)26-23)25-20(28)14-7-11-16(12-8-14)34(30,31)27(5)15-9-10-15/h7-8,11-12,15,26H,9-10,13H2,1-6H3,(H,25,28). The van der Waals surface area contributed by atoms with Gasteiger partial charge in [0, 0.05) is 34.6 Å². The van der Waals surface area contributed by atoms with Gasteiger partial charge in [-0.25, -0.2) is 13.2 Å². The van der Waals surface area contributed by atoms with E-state index in [2.05, 4.69) is 24.5 Å². The molecule has 0 spiro atoms. The van der Waals surface area contributed by atoms with Crippen LogP contribution in [0.1, 0.15) is 71.7 Å². The Morgan fingerprint density at radius 1 is 1.15 bits per heavy atom. The van der Waals surface area contributed by atoms with E-state index in [4.69, 9.17) is 4.74 Å². The molecule has 2 heterocycles. The minimum atomic E-state index is -3.59. The van der Waals surface area contributed by atoms with Crippen LogP contribution in [0.3, 0.4) is 0 Å². The molecule has 1 amide bonds. The van der Waals surface area contributed by atoms with E-state index in [1.807, 2.05) is 13.8 Å². The van der Waals surface area contributed by atoms with Crippen molar-refractivity contribution < 1.29 is 22.7 Å². The van der Waals surface area contributed by atoms with Gasteiger partial charge in [-0.05, 0) is 76.8 Å². The number of thiophene rings is 1. The third-order valence-corrected chi connectivity index (χ3v) is 9.71. The lowest BCUT2D eigenvalue weighted by molar-refractivity contribution is 0.0600. The minimum Gasteiger partial charge on any atom is -0.465 e. The molecule has 1 aromatic carbocycles. The fraction of sp³-hybridized carbons (Fsp3) is 0.500. The molecule has 0 radical (unpaired) electrons. The van der Waals surface area contributed by atoms with Crippen molar-refractivity contribution in [2.45, 2.75) is 69.0 Å². The largest absolute Gasteiger partial charge is 0.465 e. The summed E-state index contributed by atoms with van der Waals surface area (Å²) in [5.74, 6) is -0.917. The molecule has 2 N–H and O–H groups in total. The van der Waals surface area contributed by atoms with Crippen LogP contribution in [0.4, 0.5) is 5.00 Å². The van der Waals surface area contributed by atoms with Crippen LogP contribution < -0.4 is 10.6 Å². The van der Waals surface area contributed by atoms with Gasteiger partial charge in [0.05, 0.1) is 17.6 Å². The number of esters is 1. The van der Waals surface area contributed by atoms with Gasteiger partial charge in [0.1, 0.15) is 5.00 Å². The number of anilines is 1. The number of fused-ring (bicyclic) bond motifs is 1. The first kappa shape index (κ1) is 24.8. The predicted molar refractivity (Wildman–Crippen MR) is 132 cm³/mol. The van der Waals surface area contributed by atoms with Crippen molar-refractivity contribution in [3.63, 3.8) is 0 Å². The number of nitrogens with one attached hydrogen (secondary N) is 2. The number of methoxy groups -OCH3 is 1. The normalized spacial score (nSPS) is 18.9. The molecule has 2 aromatic rings. The fourth-order valence-electron chi connectivity index (χ4n) is 4.69. The molecule has 2 aliphatic rings. The molecule has 8 nitrogen and oxygen atoms in total. The molecule has 1 aliphatic heterocycles. The van der Waals surface area contributed by atoms with Crippen LogP contribution in [-0.2, 0) is 26.7 Å². The van der Waals surface area contributed by atoms with Gasteiger partial charge in [-0.3, -0.25) is 4.79 Å². The molecule has 1 aliphatic carbocycles. The average Bonchev–Trinajstić information content (AvgIpc) is 3.53. The van der Waals surface area contributed by atoms with Crippen molar-refractivity contribution in [2.24, 2.45) is 0 Å². The molecule has 0 atom stereocenters. The Morgan fingerprint density at radius 2 is 1.76 bits per heavy atom. The van der Waals surface area contributed by atoms with Crippen LogP contribution >= 0.6 is 11.3 Å². The van der Waals surface area contributed by atoms with E-state index >= 15 is 0 Å². The predicted octanol–water partition coefficient (Wildman–Crippen LogP) is 3.73. The Kier molecular flexibility index (Phi) is 6.17. The number of carbonyl (C=O) groups is 2. The molecule has 34 heavy (non-hydrogen) atoms. The number of rotatable bonds is 6. The van der Waals surface area contributed by atoms with Gasteiger partial charge in [-0.1, -0.05) is 0 Å². The quantitative estimate of drug-likeness (QED) is 0.580. The minimum absolute atomic E-state index is 0.0540. The molecule has 1 saturated carbocycles. The topological polar surface area (TPSA) is 105 Å². The summed E-state index contributed by atoms with van der Waals surface area (Å²) >= 11 is 1.36. The number of hydrogen-bond acceptors (Lipinski definition) is 7. The van der Waals surface area contributed by atoms with E-state index in [-0.39, 0.29) is 16.5 Å². The van der Waals surface area contributed by atoms with Crippen molar-refractivity contribution in [3.05, 3.63) is 45.8 Å². The van der Waals surface area contributed by atoms with Gasteiger partial charge in [-0.15, -0.1) is 11.3 Å². The van der Waals surface area contributed by atoms with Gasteiger partial charge in [0.15, 0.2) is 0 Å². The first-order valence-electron chi connectivity index (χ1n) is 11.2. The van der Waals surface area contributed by atoms with Gasteiger partial charge < -0.3 is 15.4 Å². The van der Waals surface area contributed by atoms with Crippen LogP contribution in [0.15, 0.2) is 29.2 Å². The summed E-state index contributed by atoms with van der Waals surface area (Å²) in [4.78, 5) is 26.9. The molecule has 4 rings (SSSR count). The molecule has 0 bridgehead atoms. The summed E-state index contributed by atoms with van der Waals surface area (Å²) < 4.78 is 31.9. The molecular weight excluding hydrogens is 474 g/mol. The van der Waals surface area contributed by atoms with Gasteiger partial charge >= 0.3 is 5.97 Å². The Morgan fingerprint density at radius 3 is 2.32 bits per heavy atom. The SMILES string of the molecule is COC(=O)c1c(NC(=O)c2ccc(S(=O)(=O)N(C)C3CC3)cc2)sc2c1CC(C)(C)NC2(C)C. The van der Waals surface area contributed by atoms with E-state index in [1.165, 1.54) is 47.0 Å². The van der Waals surface area contributed by atoms with E-state index in [0.717, 1.165) is 23.3 Å². The first-order chi connectivity index (χ1) is 15.8. The summed E-state index contributed by atoms with van der Waals surface area (Å²) in [7, 11) is -0.681. The highest BCUT2D eigenvalue weighted by Gasteiger charge is 2.42. The van der Waals surface area contributed by atoms with Crippen LogP contribution in [0, 0.1) is 0 Å². The van der Waals surface area contributed by atoms with E-state index < -0.39 is 27.4 Å². The lowest BCUT2D eigenvalue weighted by Crippen LogP contribution is -2.55. The number of sulfonamides is 1. The van der Waals surface area contributed by atoms with Gasteiger partial charge in [0.25, 0.3) is 5.91 Å². The summed E-state index contributed by atoms with van der Waals surface area (Å²) in [6.07, 6.45) is 2.35. The molecule has 184 valence electrons. The monoisotopic (exact) mass is 505 g/mol. The molecule has 1 aromatic heterocycles. The maximum atomic E-state index is 13.1. The Balaban J connectivity index is 1.64. The number of carbonyl (C=O) groups excluding carboxylic acids is 2. The maximum Gasteiger partial charge on any atom is 0.341 e. The van der Waals surface area contributed by atoms with Gasteiger partial charge in [-0.2, -0.15) is 4.31 Å². The summed E-state index contributed by atoms with van der Waals surface area (Å²) in [5.41, 5.74) is 0.926. The lowest BCUT2D eigenvalue weighted by atomic mass is 9.81.